The summed E-state index contributed by atoms with van der Waals surface area (Å²) in [6.45, 7) is 20.7. The molecule has 6 nitrogen and oxygen atoms in total. The van der Waals surface area contributed by atoms with E-state index < -0.39 is 11.6 Å². The predicted molar refractivity (Wildman–Crippen MR) is 537 cm³/mol. The van der Waals surface area contributed by atoms with Crippen LogP contribution in [-0.2, 0) is 0 Å². The summed E-state index contributed by atoms with van der Waals surface area (Å²) in [5.41, 5.74) is 31.6. The van der Waals surface area contributed by atoms with Crippen molar-refractivity contribution in [2.45, 2.75) is 75.2 Å². The molecule has 0 amide bonds. The van der Waals surface area contributed by atoms with Crippen molar-refractivity contribution in [2.75, 3.05) is 16.8 Å². The van der Waals surface area contributed by atoms with Crippen LogP contribution < -0.4 is 9.80 Å². The summed E-state index contributed by atoms with van der Waals surface area (Å²) in [7, 11) is 2.07. The smallest absolute Gasteiger partial charge is 0.126 e. The van der Waals surface area contributed by atoms with E-state index in [0.717, 1.165) is 33.7 Å². The second-order valence-electron chi connectivity index (χ2n) is 30.9. The lowest BCUT2D eigenvalue weighted by Crippen LogP contribution is -2.09. The Morgan fingerprint density at radius 2 is 0.603 bits per heavy atom. The number of anilines is 5. The minimum atomic E-state index is -0.521. The van der Waals surface area contributed by atoms with Crippen molar-refractivity contribution in [3.8, 4) is 33.4 Å². The molecule has 20 aromatic rings. The predicted octanol–water partition coefficient (Wildman–Crippen LogP) is 32.9. The highest BCUT2D eigenvalue weighted by Crippen LogP contribution is 2.44. The Labute approximate surface area is 751 Å². The fourth-order valence-electron chi connectivity index (χ4n) is 14.4. The summed E-state index contributed by atoms with van der Waals surface area (Å²) in [5.74, 6) is -0.484. The Morgan fingerprint density at radius 1 is 0.254 bits per heavy atom. The molecule has 2 heterocycles. The van der Waals surface area contributed by atoms with Gasteiger partial charge in [-0.05, 0) is 230 Å². The molecule has 0 fully saturated rings. The van der Waals surface area contributed by atoms with Crippen molar-refractivity contribution in [3.63, 3.8) is 0 Å². The van der Waals surface area contributed by atoms with Crippen LogP contribution in [0.15, 0.2) is 437 Å². The van der Waals surface area contributed by atoms with Gasteiger partial charge in [-0.2, -0.15) is 17.5 Å². The van der Waals surface area contributed by atoms with E-state index in [-0.39, 0.29) is 0 Å². The van der Waals surface area contributed by atoms with E-state index in [2.05, 4.69) is 423 Å². The summed E-state index contributed by atoms with van der Waals surface area (Å²) in [4.78, 5) is 4.43. The molecule has 0 bridgehead atoms. The molecule has 0 saturated heterocycles. The van der Waals surface area contributed by atoms with Crippen LogP contribution in [0.1, 0.15) is 74.0 Å². The summed E-state index contributed by atoms with van der Waals surface area (Å²) < 4.78 is 41.4. The lowest BCUT2D eigenvalue weighted by atomic mass is 9.98. The number of aromatic nitrogens is 4. The van der Waals surface area contributed by atoms with E-state index in [1.807, 2.05) is 91.9 Å². The van der Waals surface area contributed by atoms with Gasteiger partial charge in [-0.15, -0.1) is 0 Å². The lowest BCUT2D eigenvalue weighted by Gasteiger charge is -2.25. The number of hydrogen-bond donors (Lipinski definition) is 0. The van der Waals surface area contributed by atoms with Crippen molar-refractivity contribution in [3.05, 3.63) is 510 Å². The molecule has 0 spiro atoms. The first-order valence-electron chi connectivity index (χ1n) is 42.3. The van der Waals surface area contributed by atoms with Gasteiger partial charge in [0, 0.05) is 53.0 Å². The lowest BCUT2D eigenvalue weighted by molar-refractivity contribution is 0.581. The number of nitrogens with zero attached hydrogens (tertiary/aromatic N) is 6. The van der Waals surface area contributed by atoms with Crippen LogP contribution in [0, 0.1) is 73.9 Å². The van der Waals surface area contributed by atoms with Gasteiger partial charge in [-0.1, -0.05) is 381 Å². The van der Waals surface area contributed by atoms with Gasteiger partial charge in [-0.25, -0.2) is 8.78 Å². The van der Waals surface area contributed by atoms with Crippen LogP contribution in [0.3, 0.4) is 0 Å². The van der Waals surface area contributed by atoms with Crippen LogP contribution in [0.4, 0.5) is 37.2 Å². The molecule has 0 radical (unpaired) electrons. The van der Waals surface area contributed by atoms with E-state index in [0.29, 0.717) is 11.5 Å². The van der Waals surface area contributed by atoms with Gasteiger partial charge in [-0.3, -0.25) is 0 Å². The van der Waals surface area contributed by atoms with Gasteiger partial charge >= 0.3 is 0 Å². The van der Waals surface area contributed by atoms with Gasteiger partial charge in [0.05, 0.1) is 23.5 Å². The number of fused-ring (bicyclic) bond motifs is 7. The van der Waals surface area contributed by atoms with Gasteiger partial charge in [0.1, 0.15) is 33.7 Å². The SMILES string of the molecule is CC1c2ccccc2-c2ccccc21.CN(c1ccccc1)c1ccccc1.Cc1c2ccccc2cc2ccccc12.Cc1cc(F)cc(F)c1.Cc1ccc(-c2ccccc2)c2nsnc12.Cc1ccc(-c2ccccc2)cc1.Cc1ccc(C)cc1.Cc1ccc(N(c2ccccc2)c2ccccc2)cc1.Cc1cccc2nsnc12.Cc1ccccc1. The Balaban J connectivity index is 0.000000129. The minimum Gasteiger partial charge on any atom is -0.345 e. The topological polar surface area (TPSA) is 58.0 Å². The molecule has 0 aliphatic heterocycles. The number of para-hydroxylation sites is 4. The highest BCUT2D eigenvalue weighted by molar-refractivity contribution is 7.00. The maximum Gasteiger partial charge on any atom is 0.126 e. The number of halogens is 2. The zero-order valence-corrected chi connectivity index (χ0v) is 75.0. The third-order valence-corrected chi connectivity index (χ3v) is 22.4. The Bertz CT molecular complexity index is 6410. The maximum atomic E-state index is 12.2. The molecule has 126 heavy (non-hydrogen) atoms. The average molecular weight is 1690 g/mol. The summed E-state index contributed by atoms with van der Waals surface area (Å²) in [6.07, 6.45) is 0. The van der Waals surface area contributed by atoms with Gasteiger partial charge in [0.2, 0.25) is 0 Å². The first-order chi connectivity index (χ1) is 61.4. The molecule has 1 aliphatic rings. The first-order valence-corrected chi connectivity index (χ1v) is 43.8. The molecular formula is C116H106F2N6S2. The zero-order valence-electron chi connectivity index (χ0n) is 73.4. The van der Waals surface area contributed by atoms with Crippen LogP contribution in [0.2, 0.25) is 0 Å². The average Bonchev–Trinajstić information content (AvgIpc) is 1.12. The Kier molecular flexibility index (Phi) is 33.7. The van der Waals surface area contributed by atoms with Crippen molar-refractivity contribution >= 4 is 95.5 Å². The quantitative estimate of drug-likeness (QED) is 0.148. The summed E-state index contributed by atoms with van der Waals surface area (Å²) in [5, 5.41) is 5.37. The molecule has 2 aromatic heterocycles. The number of hydrogen-bond acceptors (Lipinski definition) is 8. The van der Waals surface area contributed by atoms with E-state index in [1.165, 1.54) is 169 Å². The van der Waals surface area contributed by atoms with Gasteiger partial charge < -0.3 is 9.80 Å². The normalized spacial score (nSPS) is 10.5. The van der Waals surface area contributed by atoms with Crippen molar-refractivity contribution in [1.82, 2.24) is 17.5 Å². The molecule has 1 aliphatic carbocycles. The van der Waals surface area contributed by atoms with E-state index >= 15 is 0 Å². The highest BCUT2D eigenvalue weighted by Gasteiger charge is 2.24. The molecular weight excluding hydrogens is 1580 g/mol. The van der Waals surface area contributed by atoms with E-state index in [9.17, 15) is 8.78 Å². The Morgan fingerprint density at radius 3 is 1.06 bits per heavy atom. The molecule has 18 aromatic carbocycles. The summed E-state index contributed by atoms with van der Waals surface area (Å²) in [6, 6.07) is 149. The fraction of sp³-hybridized carbons (Fsp3) is 0.103. The maximum absolute atomic E-state index is 12.2. The largest absolute Gasteiger partial charge is 0.345 e. The fourth-order valence-corrected chi connectivity index (χ4v) is 15.6. The molecule has 0 saturated carbocycles. The van der Waals surface area contributed by atoms with Crippen molar-refractivity contribution in [1.29, 1.82) is 0 Å². The van der Waals surface area contributed by atoms with Crippen LogP contribution in [0.5, 0.6) is 0 Å². The second kappa shape index (κ2) is 46.7. The summed E-state index contributed by atoms with van der Waals surface area (Å²) >= 11 is 2.54. The third kappa shape index (κ3) is 26.1. The zero-order chi connectivity index (χ0) is 88.4. The third-order valence-electron chi connectivity index (χ3n) is 21.3. The highest BCUT2D eigenvalue weighted by atomic mass is 32.1. The van der Waals surface area contributed by atoms with Crippen molar-refractivity contribution < 1.29 is 8.78 Å². The number of aryl methyl sites for hydroxylation is 9. The van der Waals surface area contributed by atoms with E-state index in [1.54, 1.807) is 6.92 Å². The molecule has 0 unspecified atom stereocenters. The van der Waals surface area contributed by atoms with Crippen molar-refractivity contribution in [2.24, 2.45) is 0 Å². The van der Waals surface area contributed by atoms with E-state index in [4.69, 9.17) is 0 Å². The molecule has 0 atom stereocenters. The molecule has 0 N–H and O–H groups in total. The second-order valence-corrected chi connectivity index (χ2v) is 31.9. The van der Waals surface area contributed by atoms with Crippen LogP contribution >= 0.6 is 23.5 Å². The Hall–Kier alpha value is -14.4. The molecule has 10 heteroatoms. The standard InChI is InChI=1S/C19H17N.C15H12.C14H12.C13H10N2S.C13H13N.C13H12.C8H10.C7H6F2.C7H6N2S.C7H8/c1-16-12-14-19(15-13-16)20(17-8-4-2-5-9-17)18-10-6-3-7-11-18;1-11-14-8-4-2-6-12(14)10-13-7-3-5-9-15(11)13;1-10-11-6-2-4-8-13(11)14-9-5-3-7-12(10)14;1-9-7-8-11(10-5-3-2-4-6-10)13-12(9)14-16-15-13;1-14(12-8-4-2-5-9-12)13-10-6-3-7-11-13;1-11-7-9-13(10-8-11)12-5-3-2-4-6-12;1-7-3-5-8(2)6-4-7;1-5-2-6(8)4-7(9)3-5;1-5-3-2-4-6-7(5)9-10-8-6;1-7-5-3-2-4-6-7/h2-15H,1H3;2-10H,1H3;2-10H,1H3;2-8H,1H3;2-11H,1H3;2-10H,1H3;3-6H,1-2H3;2-4H,1H3;2-4H,1H3;2-6H,1H3. The number of rotatable bonds is 7. The first kappa shape index (κ1) is 90.8. The van der Waals surface area contributed by atoms with Gasteiger partial charge in [0.15, 0.2) is 0 Å². The van der Waals surface area contributed by atoms with Gasteiger partial charge in [0.25, 0.3) is 0 Å². The van der Waals surface area contributed by atoms with Crippen LogP contribution in [-0.4, -0.2) is 24.5 Å². The van der Waals surface area contributed by atoms with Crippen LogP contribution in [0.25, 0.3) is 77.0 Å². The minimum absolute atomic E-state index is 0.521. The number of benzene rings is 18. The molecule has 626 valence electrons. The monoisotopic (exact) mass is 1680 g/mol. The molecule has 21 rings (SSSR count).